The lowest BCUT2D eigenvalue weighted by molar-refractivity contribution is -0.118. The van der Waals surface area contributed by atoms with Crippen LogP contribution in [0.3, 0.4) is 0 Å². The second-order valence-corrected chi connectivity index (χ2v) is 7.65. The minimum absolute atomic E-state index is 0.0208. The normalized spacial score (nSPS) is 10.8. The Morgan fingerprint density at radius 3 is 2.53 bits per heavy atom. The van der Waals surface area contributed by atoms with E-state index in [1.54, 1.807) is 13.3 Å². The van der Waals surface area contributed by atoms with E-state index in [1.165, 1.54) is 30.2 Å². The fraction of sp³-hybridized carbons (Fsp3) is 0.136. The van der Waals surface area contributed by atoms with Crippen LogP contribution in [0.2, 0.25) is 0 Å². The SMILES string of the molecule is COc1ccc(-c2ncc3c(SCC(=O)NCc4cc(F)cc(F)c4)ncnc3n2)cc1. The van der Waals surface area contributed by atoms with Crippen LogP contribution >= 0.6 is 11.8 Å². The highest BCUT2D eigenvalue weighted by atomic mass is 32.2. The highest BCUT2D eigenvalue weighted by Crippen LogP contribution is 2.25. The molecule has 0 fully saturated rings. The van der Waals surface area contributed by atoms with Gasteiger partial charge in [0.25, 0.3) is 0 Å². The van der Waals surface area contributed by atoms with Gasteiger partial charge in [-0.15, -0.1) is 0 Å². The molecule has 0 atom stereocenters. The van der Waals surface area contributed by atoms with Crippen LogP contribution in [0.15, 0.2) is 60.0 Å². The zero-order chi connectivity index (χ0) is 22.5. The molecule has 4 aromatic rings. The van der Waals surface area contributed by atoms with Crippen molar-refractivity contribution < 1.29 is 18.3 Å². The summed E-state index contributed by atoms with van der Waals surface area (Å²) in [6.07, 6.45) is 3.00. The van der Waals surface area contributed by atoms with E-state index in [-0.39, 0.29) is 18.2 Å². The van der Waals surface area contributed by atoms with Crippen LogP contribution in [-0.2, 0) is 11.3 Å². The zero-order valence-electron chi connectivity index (χ0n) is 16.9. The molecule has 0 aliphatic rings. The van der Waals surface area contributed by atoms with Crippen molar-refractivity contribution in [1.82, 2.24) is 25.3 Å². The van der Waals surface area contributed by atoms with E-state index in [2.05, 4.69) is 25.3 Å². The van der Waals surface area contributed by atoms with Crippen molar-refractivity contribution in [2.45, 2.75) is 11.6 Å². The number of nitrogens with one attached hydrogen (secondary N) is 1. The van der Waals surface area contributed by atoms with Gasteiger partial charge in [-0.05, 0) is 42.0 Å². The molecule has 0 aliphatic heterocycles. The predicted molar refractivity (Wildman–Crippen MR) is 116 cm³/mol. The maximum absolute atomic E-state index is 13.3. The van der Waals surface area contributed by atoms with E-state index in [1.807, 2.05) is 24.3 Å². The number of fused-ring (bicyclic) bond motifs is 1. The first kappa shape index (κ1) is 21.6. The van der Waals surface area contributed by atoms with Gasteiger partial charge >= 0.3 is 0 Å². The fourth-order valence-electron chi connectivity index (χ4n) is 2.92. The summed E-state index contributed by atoms with van der Waals surface area (Å²) in [5, 5.41) is 3.81. The number of benzene rings is 2. The molecule has 162 valence electrons. The maximum atomic E-state index is 13.3. The molecule has 0 radical (unpaired) electrons. The highest BCUT2D eigenvalue weighted by molar-refractivity contribution is 8.00. The van der Waals surface area contributed by atoms with E-state index >= 15 is 0 Å². The molecule has 2 aromatic heterocycles. The average molecular weight is 453 g/mol. The van der Waals surface area contributed by atoms with Crippen LogP contribution in [0, 0.1) is 11.6 Å². The number of methoxy groups -OCH3 is 1. The van der Waals surface area contributed by atoms with Gasteiger partial charge in [-0.25, -0.2) is 28.7 Å². The summed E-state index contributed by atoms with van der Waals surface area (Å²) in [4.78, 5) is 29.5. The number of amides is 1. The first-order valence-electron chi connectivity index (χ1n) is 9.48. The average Bonchev–Trinajstić information content (AvgIpc) is 2.80. The molecule has 10 heteroatoms. The molecule has 7 nitrogen and oxygen atoms in total. The van der Waals surface area contributed by atoms with Crippen LogP contribution in [0.25, 0.3) is 22.4 Å². The lowest BCUT2D eigenvalue weighted by Crippen LogP contribution is -2.24. The summed E-state index contributed by atoms with van der Waals surface area (Å²) in [5.41, 5.74) is 1.61. The van der Waals surface area contributed by atoms with Crippen LogP contribution < -0.4 is 10.1 Å². The quantitative estimate of drug-likeness (QED) is 0.336. The Bertz CT molecular complexity index is 1250. The van der Waals surface area contributed by atoms with Gasteiger partial charge in [0.2, 0.25) is 5.91 Å². The molecule has 2 heterocycles. The Balaban J connectivity index is 1.43. The minimum atomic E-state index is -0.690. The standard InChI is InChI=1S/C22H17F2N5O2S/c1-31-17-4-2-14(3-5-17)20-26-10-18-21(29-20)27-12-28-22(18)32-11-19(30)25-9-13-6-15(23)8-16(24)7-13/h2-8,10,12H,9,11H2,1H3,(H,25,30). The summed E-state index contributed by atoms with van der Waals surface area (Å²) >= 11 is 1.20. The molecule has 2 aromatic carbocycles. The van der Waals surface area contributed by atoms with Crippen LogP contribution in [0.5, 0.6) is 5.75 Å². The minimum Gasteiger partial charge on any atom is -0.497 e. The van der Waals surface area contributed by atoms with Crippen molar-refractivity contribution in [3.63, 3.8) is 0 Å². The first-order chi connectivity index (χ1) is 15.5. The highest BCUT2D eigenvalue weighted by Gasteiger charge is 2.11. The third kappa shape index (κ3) is 5.14. The number of thioether (sulfide) groups is 1. The number of ether oxygens (including phenoxy) is 1. The number of rotatable bonds is 7. The third-order valence-corrected chi connectivity index (χ3v) is 5.46. The van der Waals surface area contributed by atoms with Gasteiger partial charge in [0.1, 0.15) is 28.7 Å². The topological polar surface area (TPSA) is 89.9 Å². The summed E-state index contributed by atoms with van der Waals surface area (Å²) in [5.74, 6) is -0.381. The van der Waals surface area contributed by atoms with E-state index < -0.39 is 11.6 Å². The third-order valence-electron chi connectivity index (χ3n) is 4.45. The van der Waals surface area contributed by atoms with Crippen molar-refractivity contribution in [1.29, 1.82) is 0 Å². The Kier molecular flexibility index (Phi) is 6.50. The molecule has 1 amide bonds. The number of nitrogens with zero attached hydrogens (tertiary/aromatic N) is 4. The van der Waals surface area contributed by atoms with Crippen LogP contribution in [0.1, 0.15) is 5.56 Å². The summed E-state index contributed by atoms with van der Waals surface area (Å²) in [6.45, 7) is 0.0208. The maximum Gasteiger partial charge on any atom is 0.230 e. The molecule has 0 saturated heterocycles. The molecule has 0 saturated carbocycles. The van der Waals surface area contributed by atoms with Crippen molar-refractivity contribution in [2.24, 2.45) is 0 Å². The van der Waals surface area contributed by atoms with E-state index in [0.717, 1.165) is 17.4 Å². The fourth-order valence-corrected chi connectivity index (χ4v) is 3.71. The zero-order valence-corrected chi connectivity index (χ0v) is 17.7. The number of carbonyl (C=O) groups excluding carboxylic acids is 1. The smallest absolute Gasteiger partial charge is 0.230 e. The lowest BCUT2D eigenvalue weighted by Gasteiger charge is -2.07. The number of hydrogen-bond donors (Lipinski definition) is 1. The number of halogens is 2. The van der Waals surface area contributed by atoms with Crippen molar-refractivity contribution in [3.05, 3.63) is 72.2 Å². The molecule has 0 spiro atoms. The summed E-state index contributed by atoms with van der Waals surface area (Å²) < 4.78 is 31.7. The Morgan fingerprint density at radius 1 is 1.06 bits per heavy atom. The van der Waals surface area contributed by atoms with Crippen molar-refractivity contribution >= 4 is 28.7 Å². The monoisotopic (exact) mass is 453 g/mol. The van der Waals surface area contributed by atoms with Gasteiger partial charge in [-0.1, -0.05) is 11.8 Å². The summed E-state index contributed by atoms with van der Waals surface area (Å²) in [7, 11) is 1.60. The molecular formula is C22H17F2N5O2S. The van der Waals surface area contributed by atoms with Gasteiger partial charge in [0.05, 0.1) is 18.2 Å². The molecule has 0 bridgehead atoms. The molecular weight excluding hydrogens is 436 g/mol. The Labute approximate surface area is 186 Å². The number of hydrogen-bond acceptors (Lipinski definition) is 7. The van der Waals surface area contributed by atoms with E-state index in [0.29, 0.717) is 27.4 Å². The molecule has 1 N–H and O–H groups in total. The van der Waals surface area contributed by atoms with Gasteiger partial charge in [-0.2, -0.15) is 0 Å². The van der Waals surface area contributed by atoms with Crippen LogP contribution in [-0.4, -0.2) is 38.7 Å². The van der Waals surface area contributed by atoms with Gasteiger partial charge in [0, 0.05) is 24.4 Å². The van der Waals surface area contributed by atoms with Gasteiger partial charge in [-0.3, -0.25) is 4.79 Å². The van der Waals surface area contributed by atoms with E-state index in [9.17, 15) is 13.6 Å². The Hall–Kier alpha value is -3.66. The van der Waals surface area contributed by atoms with Crippen LogP contribution in [0.4, 0.5) is 8.78 Å². The molecule has 0 unspecified atom stereocenters. The molecule has 32 heavy (non-hydrogen) atoms. The Morgan fingerprint density at radius 2 is 1.81 bits per heavy atom. The number of carbonyl (C=O) groups is 1. The molecule has 4 rings (SSSR count). The largest absolute Gasteiger partial charge is 0.497 e. The van der Waals surface area contributed by atoms with Crippen molar-refractivity contribution in [2.75, 3.05) is 12.9 Å². The number of aromatic nitrogens is 4. The van der Waals surface area contributed by atoms with E-state index in [4.69, 9.17) is 4.74 Å². The second kappa shape index (κ2) is 9.65. The van der Waals surface area contributed by atoms with Gasteiger partial charge in [0.15, 0.2) is 11.5 Å². The first-order valence-corrected chi connectivity index (χ1v) is 10.5. The van der Waals surface area contributed by atoms with Gasteiger partial charge < -0.3 is 10.1 Å². The van der Waals surface area contributed by atoms with Crippen molar-refractivity contribution in [3.8, 4) is 17.1 Å². The molecule has 0 aliphatic carbocycles. The summed E-state index contributed by atoms with van der Waals surface area (Å²) in [6, 6.07) is 10.5. The second-order valence-electron chi connectivity index (χ2n) is 6.68. The lowest BCUT2D eigenvalue weighted by atomic mass is 10.2. The predicted octanol–water partition coefficient (Wildman–Crippen LogP) is 3.78.